The van der Waals surface area contributed by atoms with Crippen LogP contribution in [0, 0.1) is 5.92 Å². The first kappa shape index (κ1) is 13.2. The Labute approximate surface area is 122 Å². The van der Waals surface area contributed by atoms with Crippen molar-refractivity contribution in [3.8, 4) is 0 Å². The van der Waals surface area contributed by atoms with E-state index in [0.29, 0.717) is 33.6 Å². The highest BCUT2D eigenvalue weighted by atomic mass is 35.5. The van der Waals surface area contributed by atoms with Crippen molar-refractivity contribution in [3.05, 3.63) is 33.8 Å². The molecule has 2 saturated heterocycles. The van der Waals surface area contributed by atoms with Crippen LogP contribution < -0.4 is 5.32 Å². The van der Waals surface area contributed by atoms with Gasteiger partial charge in [-0.1, -0.05) is 23.2 Å². The maximum Gasteiger partial charge on any atom is 0.254 e. The Morgan fingerprint density at radius 3 is 2.84 bits per heavy atom. The number of carbonyl (C=O) groups excluding carboxylic acids is 1. The number of amides is 1. The minimum absolute atomic E-state index is 0.0577. The number of nitrogens with one attached hydrogen (secondary N) is 1. The van der Waals surface area contributed by atoms with Gasteiger partial charge in [-0.25, -0.2) is 0 Å². The average Bonchev–Trinajstić information content (AvgIpc) is 2.91. The van der Waals surface area contributed by atoms with E-state index >= 15 is 0 Å². The van der Waals surface area contributed by atoms with Gasteiger partial charge in [-0.2, -0.15) is 0 Å². The molecule has 1 aromatic rings. The van der Waals surface area contributed by atoms with E-state index in [-0.39, 0.29) is 5.91 Å². The lowest BCUT2D eigenvalue weighted by Crippen LogP contribution is -2.42. The van der Waals surface area contributed by atoms with E-state index in [9.17, 15) is 4.79 Å². The first-order chi connectivity index (χ1) is 9.08. The number of carbonyl (C=O) groups is 1. The quantitative estimate of drug-likeness (QED) is 0.865. The number of nitrogens with zero attached hydrogens (tertiary/aromatic N) is 1. The molecule has 0 saturated carbocycles. The molecule has 2 heterocycles. The number of rotatable bonds is 1. The monoisotopic (exact) mass is 298 g/mol. The second kappa shape index (κ2) is 4.97. The zero-order chi connectivity index (χ0) is 13.6. The summed E-state index contributed by atoms with van der Waals surface area (Å²) in [5.74, 6) is 0.643. The number of hydrogen-bond donors (Lipinski definition) is 1. The Morgan fingerprint density at radius 2 is 2.11 bits per heavy atom. The maximum absolute atomic E-state index is 12.7. The molecule has 0 aromatic heterocycles. The predicted octanol–water partition coefficient (Wildman–Crippen LogP) is 2.82. The summed E-state index contributed by atoms with van der Waals surface area (Å²) in [6.07, 6.45) is 1.07. The van der Waals surface area contributed by atoms with Crippen LogP contribution in [-0.4, -0.2) is 36.0 Å². The summed E-state index contributed by atoms with van der Waals surface area (Å²) < 4.78 is 0. The number of halogens is 2. The molecule has 3 atom stereocenters. The summed E-state index contributed by atoms with van der Waals surface area (Å²) in [4.78, 5) is 14.7. The molecule has 2 aliphatic heterocycles. The van der Waals surface area contributed by atoms with E-state index < -0.39 is 0 Å². The number of fused-ring (bicyclic) bond motifs is 1. The van der Waals surface area contributed by atoms with Crippen molar-refractivity contribution in [3.63, 3.8) is 0 Å². The second-order valence-electron chi connectivity index (χ2n) is 5.41. The third kappa shape index (κ3) is 2.24. The van der Waals surface area contributed by atoms with Gasteiger partial charge in [0.25, 0.3) is 5.91 Å². The van der Waals surface area contributed by atoms with Crippen LogP contribution in [0.4, 0.5) is 0 Å². The van der Waals surface area contributed by atoms with E-state index in [2.05, 4.69) is 12.2 Å². The number of likely N-dealkylation sites (tertiary alicyclic amines) is 1. The Hall–Kier alpha value is -0.770. The summed E-state index contributed by atoms with van der Waals surface area (Å²) in [6, 6.07) is 5.70. The van der Waals surface area contributed by atoms with Gasteiger partial charge < -0.3 is 10.2 Å². The smallest absolute Gasteiger partial charge is 0.254 e. The van der Waals surface area contributed by atoms with Gasteiger partial charge in [0, 0.05) is 30.7 Å². The molecule has 2 aliphatic rings. The van der Waals surface area contributed by atoms with Gasteiger partial charge in [-0.3, -0.25) is 4.79 Å². The molecule has 0 spiro atoms. The first-order valence-electron chi connectivity index (χ1n) is 6.56. The highest BCUT2D eigenvalue weighted by Crippen LogP contribution is 2.34. The molecule has 3 unspecified atom stereocenters. The molecule has 3 nitrogen and oxygen atoms in total. The van der Waals surface area contributed by atoms with Gasteiger partial charge in [0.05, 0.1) is 10.0 Å². The summed E-state index contributed by atoms with van der Waals surface area (Å²) >= 11 is 11.9. The number of hydrogen-bond acceptors (Lipinski definition) is 2. The molecule has 19 heavy (non-hydrogen) atoms. The molecule has 1 N–H and O–H groups in total. The highest BCUT2D eigenvalue weighted by Gasteiger charge is 2.44. The second-order valence-corrected chi connectivity index (χ2v) is 6.23. The maximum atomic E-state index is 12.7. The van der Waals surface area contributed by atoms with Crippen molar-refractivity contribution in [2.75, 3.05) is 13.1 Å². The van der Waals surface area contributed by atoms with Crippen molar-refractivity contribution >= 4 is 29.1 Å². The minimum Gasteiger partial charge on any atom is -0.331 e. The zero-order valence-electron chi connectivity index (χ0n) is 10.7. The van der Waals surface area contributed by atoms with Gasteiger partial charge in [-0.15, -0.1) is 0 Å². The highest BCUT2D eigenvalue weighted by molar-refractivity contribution is 6.42. The summed E-state index contributed by atoms with van der Waals surface area (Å²) in [5.41, 5.74) is 0.619. The van der Waals surface area contributed by atoms with Crippen molar-refractivity contribution < 1.29 is 4.79 Å². The molecule has 3 rings (SSSR count). The molecule has 1 amide bonds. The van der Waals surface area contributed by atoms with Gasteiger partial charge in [0.15, 0.2) is 0 Å². The molecular weight excluding hydrogens is 283 g/mol. The Bertz CT molecular complexity index is 520. The zero-order valence-corrected chi connectivity index (χ0v) is 12.2. The van der Waals surface area contributed by atoms with Crippen LogP contribution in [0.25, 0.3) is 0 Å². The van der Waals surface area contributed by atoms with Gasteiger partial charge >= 0.3 is 0 Å². The Balaban J connectivity index is 1.88. The van der Waals surface area contributed by atoms with E-state index in [1.807, 2.05) is 4.90 Å². The summed E-state index contributed by atoms with van der Waals surface area (Å²) in [7, 11) is 0. The van der Waals surface area contributed by atoms with Crippen LogP contribution in [0.1, 0.15) is 23.7 Å². The molecular formula is C14H16Cl2N2O. The largest absolute Gasteiger partial charge is 0.331 e. The fourth-order valence-corrected chi connectivity index (χ4v) is 3.59. The van der Waals surface area contributed by atoms with Crippen LogP contribution >= 0.6 is 23.2 Å². The molecule has 2 fully saturated rings. The lowest BCUT2D eigenvalue weighted by Gasteiger charge is -2.27. The van der Waals surface area contributed by atoms with Crippen molar-refractivity contribution in [1.29, 1.82) is 0 Å². The standard InChI is InChI=1S/C14H16Cl2N2O/c1-8-4-10-6-17-7-13(10)18(8)14(19)9-2-3-11(15)12(16)5-9/h2-3,5,8,10,13,17H,4,6-7H2,1H3. The third-order valence-corrected chi connectivity index (χ3v) is 4.92. The molecule has 0 aliphatic carbocycles. The third-order valence-electron chi connectivity index (χ3n) is 4.18. The Kier molecular flexibility index (Phi) is 3.46. The van der Waals surface area contributed by atoms with Gasteiger partial charge in [0.2, 0.25) is 0 Å². The average molecular weight is 299 g/mol. The van der Waals surface area contributed by atoms with Crippen LogP contribution in [0.5, 0.6) is 0 Å². The van der Waals surface area contributed by atoms with Gasteiger partial charge in [0.1, 0.15) is 0 Å². The normalized spacial score (nSPS) is 29.6. The molecule has 1 aromatic carbocycles. The van der Waals surface area contributed by atoms with Crippen molar-refractivity contribution in [2.24, 2.45) is 5.92 Å². The lowest BCUT2D eigenvalue weighted by atomic mass is 10.0. The SMILES string of the molecule is CC1CC2CNCC2N1C(=O)c1ccc(Cl)c(Cl)c1. The van der Waals surface area contributed by atoms with Gasteiger partial charge in [-0.05, 0) is 37.5 Å². The van der Waals surface area contributed by atoms with E-state index in [0.717, 1.165) is 19.5 Å². The lowest BCUT2D eigenvalue weighted by molar-refractivity contribution is 0.0682. The summed E-state index contributed by atoms with van der Waals surface area (Å²) in [6.45, 7) is 4.02. The topological polar surface area (TPSA) is 32.3 Å². The fourth-order valence-electron chi connectivity index (χ4n) is 3.29. The van der Waals surface area contributed by atoms with Crippen LogP contribution in [0.3, 0.4) is 0 Å². The van der Waals surface area contributed by atoms with Crippen molar-refractivity contribution in [2.45, 2.75) is 25.4 Å². The van der Waals surface area contributed by atoms with Crippen molar-refractivity contribution in [1.82, 2.24) is 10.2 Å². The molecule has 102 valence electrons. The molecule has 5 heteroatoms. The van der Waals surface area contributed by atoms with Crippen LogP contribution in [0.2, 0.25) is 10.0 Å². The fraction of sp³-hybridized carbons (Fsp3) is 0.500. The first-order valence-corrected chi connectivity index (χ1v) is 7.32. The minimum atomic E-state index is 0.0577. The number of benzene rings is 1. The predicted molar refractivity (Wildman–Crippen MR) is 76.9 cm³/mol. The molecule has 0 radical (unpaired) electrons. The molecule has 0 bridgehead atoms. The van der Waals surface area contributed by atoms with Crippen LogP contribution in [0.15, 0.2) is 18.2 Å². The van der Waals surface area contributed by atoms with E-state index in [4.69, 9.17) is 23.2 Å². The Morgan fingerprint density at radius 1 is 1.32 bits per heavy atom. The summed E-state index contributed by atoms with van der Waals surface area (Å²) in [5, 5.41) is 4.27. The van der Waals surface area contributed by atoms with E-state index in [1.165, 1.54) is 0 Å². The van der Waals surface area contributed by atoms with E-state index in [1.54, 1.807) is 18.2 Å². The van der Waals surface area contributed by atoms with Crippen LogP contribution in [-0.2, 0) is 0 Å².